The minimum atomic E-state index is -4.32. The van der Waals surface area contributed by atoms with Gasteiger partial charge in [0.25, 0.3) is 10.0 Å². The van der Waals surface area contributed by atoms with Crippen molar-refractivity contribution in [3.8, 4) is 11.5 Å². The van der Waals surface area contributed by atoms with Crippen molar-refractivity contribution in [2.24, 2.45) is 0 Å². The third-order valence-corrected chi connectivity index (χ3v) is 7.26. The molecule has 0 unspecified atom stereocenters. The van der Waals surface area contributed by atoms with Gasteiger partial charge in [0.2, 0.25) is 5.91 Å². The van der Waals surface area contributed by atoms with Gasteiger partial charge in [-0.25, -0.2) is 17.6 Å². The van der Waals surface area contributed by atoms with E-state index in [-0.39, 0.29) is 39.2 Å². The molecule has 3 aromatic rings. The first kappa shape index (κ1) is 25.3. The molecule has 0 atom stereocenters. The molecule has 1 aliphatic heterocycles. The standard InChI is InChI=1S/C24H20ClFN2O7S/c1-33-24(30)15-2-8-19(25)20(12-15)27-23(29)14-28(17-5-3-16(26)4-6-17)36(31,32)18-7-9-21-22(13-18)35-11-10-34-21/h2-9,12-13H,10-11,14H2,1H3,(H,27,29). The van der Waals surface area contributed by atoms with Crippen LogP contribution < -0.4 is 19.1 Å². The molecule has 1 aliphatic rings. The van der Waals surface area contributed by atoms with Crippen LogP contribution in [0.25, 0.3) is 0 Å². The number of amides is 1. The van der Waals surface area contributed by atoms with Gasteiger partial charge in [0.15, 0.2) is 11.5 Å². The summed E-state index contributed by atoms with van der Waals surface area (Å²) in [6, 6.07) is 12.8. The van der Waals surface area contributed by atoms with Crippen LogP contribution in [-0.2, 0) is 19.6 Å². The lowest BCUT2D eigenvalue weighted by Crippen LogP contribution is -2.38. The van der Waals surface area contributed by atoms with Crippen molar-refractivity contribution in [2.45, 2.75) is 4.90 Å². The van der Waals surface area contributed by atoms with Crippen LogP contribution in [0.15, 0.2) is 65.6 Å². The fraction of sp³-hybridized carbons (Fsp3) is 0.167. The van der Waals surface area contributed by atoms with Gasteiger partial charge in [-0.05, 0) is 54.6 Å². The Labute approximate surface area is 211 Å². The summed E-state index contributed by atoms with van der Waals surface area (Å²) < 4.78 is 57.2. The lowest BCUT2D eigenvalue weighted by molar-refractivity contribution is -0.114. The van der Waals surface area contributed by atoms with Crippen molar-refractivity contribution in [1.29, 1.82) is 0 Å². The van der Waals surface area contributed by atoms with Crippen molar-refractivity contribution in [1.82, 2.24) is 0 Å². The van der Waals surface area contributed by atoms with E-state index >= 15 is 0 Å². The van der Waals surface area contributed by atoms with E-state index in [0.29, 0.717) is 12.4 Å². The van der Waals surface area contributed by atoms with E-state index in [2.05, 4.69) is 10.1 Å². The van der Waals surface area contributed by atoms with Gasteiger partial charge in [-0.1, -0.05) is 11.6 Å². The number of rotatable bonds is 7. The number of anilines is 2. The molecule has 0 spiro atoms. The first-order valence-electron chi connectivity index (χ1n) is 10.5. The molecule has 9 nitrogen and oxygen atoms in total. The van der Waals surface area contributed by atoms with Crippen LogP contribution in [0, 0.1) is 5.82 Å². The third kappa shape index (κ3) is 5.37. The van der Waals surface area contributed by atoms with Gasteiger partial charge in [-0.3, -0.25) is 9.10 Å². The highest BCUT2D eigenvalue weighted by Gasteiger charge is 2.29. The maximum atomic E-state index is 13.6. The average molecular weight is 535 g/mol. The topological polar surface area (TPSA) is 111 Å². The quantitative estimate of drug-likeness (QED) is 0.458. The fourth-order valence-electron chi connectivity index (χ4n) is 3.42. The second-order valence-electron chi connectivity index (χ2n) is 7.53. The first-order chi connectivity index (χ1) is 17.2. The molecule has 36 heavy (non-hydrogen) atoms. The predicted octanol–water partition coefficient (Wildman–Crippen LogP) is 3.87. The molecule has 0 saturated heterocycles. The zero-order valence-electron chi connectivity index (χ0n) is 18.9. The summed E-state index contributed by atoms with van der Waals surface area (Å²) in [6.07, 6.45) is 0. The molecule has 1 amide bonds. The van der Waals surface area contributed by atoms with E-state index in [9.17, 15) is 22.4 Å². The van der Waals surface area contributed by atoms with Gasteiger partial charge >= 0.3 is 5.97 Å². The number of nitrogens with one attached hydrogen (secondary N) is 1. The van der Waals surface area contributed by atoms with Crippen LogP contribution in [0.2, 0.25) is 5.02 Å². The molecule has 1 heterocycles. The molecular formula is C24H20ClFN2O7S. The SMILES string of the molecule is COC(=O)c1ccc(Cl)c(NC(=O)CN(c2ccc(F)cc2)S(=O)(=O)c2ccc3c(c2)OCCO3)c1. The largest absolute Gasteiger partial charge is 0.486 e. The normalized spacial score (nSPS) is 12.5. The van der Waals surface area contributed by atoms with E-state index in [1.54, 1.807) is 0 Å². The number of ether oxygens (including phenoxy) is 3. The Balaban J connectivity index is 1.66. The maximum Gasteiger partial charge on any atom is 0.337 e. The molecule has 188 valence electrons. The Bertz CT molecular complexity index is 1410. The summed E-state index contributed by atoms with van der Waals surface area (Å²) >= 11 is 6.15. The number of hydrogen-bond donors (Lipinski definition) is 1. The second-order valence-corrected chi connectivity index (χ2v) is 9.80. The van der Waals surface area contributed by atoms with Gasteiger partial charge in [0, 0.05) is 6.07 Å². The zero-order valence-corrected chi connectivity index (χ0v) is 20.4. The summed E-state index contributed by atoms with van der Waals surface area (Å²) in [7, 11) is -3.11. The molecule has 3 aromatic carbocycles. The smallest absolute Gasteiger partial charge is 0.337 e. The highest BCUT2D eigenvalue weighted by Crippen LogP contribution is 2.34. The lowest BCUT2D eigenvalue weighted by Gasteiger charge is -2.25. The Morgan fingerprint density at radius 3 is 2.42 bits per heavy atom. The molecular weight excluding hydrogens is 515 g/mol. The molecule has 4 rings (SSSR count). The summed E-state index contributed by atoms with van der Waals surface area (Å²) in [6.45, 7) is -0.0894. The molecule has 0 aliphatic carbocycles. The predicted molar refractivity (Wildman–Crippen MR) is 130 cm³/mol. The lowest BCUT2D eigenvalue weighted by atomic mass is 10.2. The second kappa shape index (κ2) is 10.4. The number of halogens is 2. The van der Waals surface area contributed by atoms with Crippen LogP contribution in [0.1, 0.15) is 10.4 Å². The van der Waals surface area contributed by atoms with Crippen molar-refractivity contribution in [2.75, 3.05) is 36.5 Å². The minimum absolute atomic E-state index is 0.0517. The number of methoxy groups -OCH3 is 1. The molecule has 0 saturated carbocycles. The minimum Gasteiger partial charge on any atom is -0.486 e. The van der Waals surface area contributed by atoms with Crippen molar-refractivity contribution >= 4 is 44.9 Å². The number of carbonyl (C=O) groups is 2. The number of nitrogens with zero attached hydrogens (tertiary/aromatic N) is 1. The molecule has 12 heteroatoms. The summed E-state index contributed by atoms with van der Waals surface area (Å²) in [4.78, 5) is 24.6. The van der Waals surface area contributed by atoms with Crippen LogP contribution in [0.3, 0.4) is 0 Å². The molecule has 0 radical (unpaired) electrons. The van der Waals surface area contributed by atoms with Gasteiger partial charge in [0.1, 0.15) is 25.6 Å². The van der Waals surface area contributed by atoms with E-state index < -0.39 is 34.3 Å². The fourth-order valence-corrected chi connectivity index (χ4v) is 5.02. The Morgan fingerprint density at radius 2 is 1.72 bits per heavy atom. The van der Waals surface area contributed by atoms with Crippen molar-refractivity contribution in [3.05, 3.63) is 77.1 Å². The van der Waals surface area contributed by atoms with E-state index in [0.717, 1.165) is 16.4 Å². The first-order valence-corrected chi connectivity index (χ1v) is 12.4. The Hall–Kier alpha value is -3.83. The van der Waals surface area contributed by atoms with E-state index in [4.69, 9.17) is 21.1 Å². The number of sulfonamides is 1. The molecule has 0 bridgehead atoms. The van der Waals surface area contributed by atoms with Gasteiger partial charge in [-0.15, -0.1) is 0 Å². The highest BCUT2D eigenvalue weighted by molar-refractivity contribution is 7.92. The van der Waals surface area contributed by atoms with Crippen LogP contribution in [0.5, 0.6) is 11.5 Å². The number of hydrogen-bond acceptors (Lipinski definition) is 7. The number of carbonyl (C=O) groups excluding carboxylic acids is 2. The Kier molecular flexibility index (Phi) is 7.32. The zero-order chi connectivity index (χ0) is 25.9. The number of esters is 1. The summed E-state index contributed by atoms with van der Waals surface area (Å²) in [5.74, 6) is -1.34. The summed E-state index contributed by atoms with van der Waals surface area (Å²) in [5, 5.41) is 2.64. The van der Waals surface area contributed by atoms with Crippen LogP contribution in [-0.4, -0.2) is 47.2 Å². The van der Waals surface area contributed by atoms with Gasteiger partial charge < -0.3 is 19.5 Å². The molecule has 1 N–H and O–H groups in total. The van der Waals surface area contributed by atoms with Crippen molar-refractivity contribution < 1.29 is 36.6 Å². The van der Waals surface area contributed by atoms with Crippen LogP contribution in [0.4, 0.5) is 15.8 Å². The molecule has 0 fully saturated rings. The Morgan fingerprint density at radius 1 is 1.03 bits per heavy atom. The highest BCUT2D eigenvalue weighted by atomic mass is 35.5. The van der Waals surface area contributed by atoms with Gasteiger partial charge in [0.05, 0.1) is 34.0 Å². The number of benzene rings is 3. The molecule has 0 aromatic heterocycles. The average Bonchev–Trinajstić information content (AvgIpc) is 2.88. The number of fused-ring (bicyclic) bond motifs is 1. The van der Waals surface area contributed by atoms with Crippen molar-refractivity contribution in [3.63, 3.8) is 0 Å². The summed E-state index contributed by atoms with van der Waals surface area (Å²) in [5.41, 5.74) is 0.271. The maximum absolute atomic E-state index is 13.6. The van der Waals surface area contributed by atoms with E-state index in [1.165, 1.54) is 55.6 Å². The third-order valence-electron chi connectivity index (χ3n) is 5.17. The monoisotopic (exact) mass is 534 g/mol. The van der Waals surface area contributed by atoms with Gasteiger partial charge in [-0.2, -0.15) is 0 Å². The van der Waals surface area contributed by atoms with Crippen LogP contribution >= 0.6 is 11.6 Å². The van der Waals surface area contributed by atoms with E-state index in [1.807, 2.05) is 0 Å².